The van der Waals surface area contributed by atoms with E-state index in [9.17, 15) is 4.79 Å². The monoisotopic (exact) mass is 424 g/mol. The van der Waals surface area contributed by atoms with Crippen molar-refractivity contribution < 1.29 is 9.63 Å². The van der Waals surface area contributed by atoms with E-state index >= 15 is 0 Å². The quantitative estimate of drug-likeness (QED) is 0.782. The molecule has 1 saturated heterocycles. The van der Waals surface area contributed by atoms with Crippen LogP contribution in [0.2, 0.25) is 0 Å². The number of hydroxylamine groups is 1. The fourth-order valence-corrected chi connectivity index (χ4v) is 5.17. The number of pyridine rings is 1. The lowest BCUT2D eigenvalue weighted by atomic mass is 9.84. The van der Waals surface area contributed by atoms with Gasteiger partial charge < -0.3 is 10.2 Å². The lowest BCUT2D eigenvalue weighted by Crippen LogP contribution is -2.41. The molecule has 1 spiro atoms. The second kappa shape index (κ2) is 8.15. The molecule has 2 fully saturated rings. The molecule has 3 aliphatic rings. The highest BCUT2D eigenvalue weighted by atomic mass is 16.7. The Bertz CT molecular complexity index is 999. The summed E-state index contributed by atoms with van der Waals surface area (Å²) in [5.41, 5.74) is 6.99. The first kappa shape index (κ1) is 20.3. The molecule has 2 N–H and O–H groups in total. The van der Waals surface area contributed by atoms with E-state index in [1.165, 1.54) is 19.3 Å². The van der Waals surface area contributed by atoms with Gasteiger partial charge >= 0.3 is 0 Å². The van der Waals surface area contributed by atoms with E-state index in [2.05, 4.69) is 28.9 Å². The maximum Gasteiger partial charge on any atom is 0.219 e. The number of amides is 1. The summed E-state index contributed by atoms with van der Waals surface area (Å²) in [7, 11) is 0. The molecule has 1 amide bonds. The summed E-state index contributed by atoms with van der Waals surface area (Å²) in [5.74, 6) is 0.157. The molecule has 2 aromatic rings. The number of likely N-dealkylation sites (tertiary alicyclic amines) is 1. The van der Waals surface area contributed by atoms with Crippen molar-refractivity contribution in [1.82, 2.24) is 25.1 Å². The van der Waals surface area contributed by atoms with Gasteiger partial charge in [0, 0.05) is 44.4 Å². The SMILES string of the molecule is CCn1ncc2c(NC3CCN(C(C)=O)CC3)c(C3=CC4(CCCCC4)ON3)cnc21. The van der Waals surface area contributed by atoms with E-state index in [1.807, 2.05) is 22.0 Å². The minimum atomic E-state index is -0.194. The van der Waals surface area contributed by atoms with Gasteiger partial charge in [-0.2, -0.15) is 5.10 Å². The molecule has 166 valence electrons. The van der Waals surface area contributed by atoms with Crippen LogP contribution in [-0.4, -0.2) is 50.3 Å². The zero-order chi connectivity index (χ0) is 21.4. The smallest absolute Gasteiger partial charge is 0.219 e. The standard InChI is InChI=1S/C23H32N6O2/c1-3-29-22-19(15-25-29)21(26-17-7-11-28(12-8-17)16(2)30)18(14-24-22)20-13-23(31-27-20)9-5-4-6-10-23/h13-15,17,27H,3-12H2,1-2H3,(H,24,26). The normalized spacial score (nSPS) is 21.4. The van der Waals surface area contributed by atoms with Crippen molar-refractivity contribution in [3.05, 3.63) is 24.0 Å². The van der Waals surface area contributed by atoms with Gasteiger partial charge in [-0.1, -0.05) is 19.3 Å². The van der Waals surface area contributed by atoms with Crippen LogP contribution in [0, 0.1) is 0 Å². The van der Waals surface area contributed by atoms with Crippen LogP contribution < -0.4 is 10.8 Å². The van der Waals surface area contributed by atoms with Crippen molar-refractivity contribution in [3.8, 4) is 0 Å². The van der Waals surface area contributed by atoms with E-state index in [0.717, 1.165) is 73.3 Å². The zero-order valence-corrected chi connectivity index (χ0v) is 18.5. The third-order valence-electron chi connectivity index (χ3n) is 7.02. The van der Waals surface area contributed by atoms with Crippen molar-refractivity contribution in [2.75, 3.05) is 18.4 Å². The summed E-state index contributed by atoms with van der Waals surface area (Å²) in [4.78, 5) is 24.5. The lowest BCUT2D eigenvalue weighted by molar-refractivity contribution is -0.129. The van der Waals surface area contributed by atoms with Gasteiger partial charge in [0.15, 0.2) is 5.65 Å². The van der Waals surface area contributed by atoms with Gasteiger partial charge in [-0.25, -0.2) is 9.67 Å². The first-order valence-corrected chi connectivity index (χ1v) is 11.6. The largest absolute Gasteiger partial charge is 0.381 e. The van der Waals surface area contributed by atoms with Crippen LogP contribution in [0.4, 0.5) is 5.69 Å². The molecule has 0 aromatic carbocycles. The number of rotatable bonds is 4. The molecular formula is C23H32N6O2. The Morgan fingerprint density at radius 2 is 2.03 bits per heavy atom. The molecule has 0 radical (unpaired) electrons. The van der Waals surface area contributed by atoms with Gasteiger partial charge in [0.25, 0.3) is 0 Å². The number of aryl methyl sites for hydroxylation is 1. The molecule has 8 heteroatoms. The number of nitrogens with one attached hydrogen (secondary N) is 2. The Hall–Kier alpha value is -2.61. The molecule has 2 aromatic heterocycles. The van der Waals surface area contributed by atoms with Gasteiger partial charge in [-0.3, -0.25) is 15.1 Å². The highest BCUT2D eigenvalue weighted by Gasteiger charge is 2.37. The van der Waals surface area contributed by atoms with E-state index in [1.54, 1.807) is 6.92 Å². The van der Waals surface area contributed by atoms with Crippen molar-refractivity contribution in [3.63, 3.8) is 0 Å². The van der Waals surface area contributed by atoms with Crippen molar-refractivity contribution in [2.45, 2.75) is 77.0 Å². The molecule has 1 saturated carbocycles. The summed E-state index contributed by atoms with van der Waals surface area (Å²) >= 11 is 0. The Labute approximate surface area is 183 Å². The topological polar surface area (TPSA) is 84.3 Å². The maximum atomic E-state index is 11.7. The van der Waals surface area contributed by atoms with Gasteiger partial charge in [0.2, 0.25) is 5.91 Å². The second-order valence-electron chi connectivity index (χ2n) is 9.06. The van der Waals surface area contributed by atoms with Crippen molar-refractivity contribution in [2.24, 2.45) is 0 Å². The summed E-state index contributed by atoms with van der Waals surface area (Å²) < 4.78 is 1.93. The van der Waals surface area contributed by atoms with Gasteiger partial charge in [0.1, 0.15) is 5.60 Å². The molecule has 0 unspecified atom stereocenters. The molecule has 0 bridgehead atoms. The van der Waals surface area contributed by atoms with E-state index < -0.39 is 0 Å². The van der Waals surface area contributed by atoms with Crippen LogP contribution in [-0.2, 0) is 16.2 Å². The lowest BCUT2D eigenvalue weighted by Gasteiger charge is -2.32. The molecule has 1 aliphatic carbocycles. The number of aromatic nitrogens is 3. The minimum Gasteiger partial charge on any atom is -0.381 e. The molecule has 31 heavy (non-hydrogen) atoms. The number of fused-ring (bicyclic) bond motifs is 1. The van der Waals surface area contributed by atoms with E-state index in [4.69, 9.17) is 9.82 Å². The molecule has 0 atom stereocenters. The van der Waals surface area contributed by atoms with Crippen LogP contribution >= 0.6 is 0 Å². The first-order chi connectivity index (χ1) is 15.1. The van der Waals surface area contributed by atoms with Crippen LogP contribution in [0.25, 0.3) is 16.7 Å². The zero-order valence-electron chi connectivity index (χ0n) is 18.5. The number of carbonyl (C=O) groups excluding carboxylic acids is 1. The van der Waals surface area contributed by atoms with Crippen LogP contribution in [0.1, 0.15) is 64.4 Å². The van der Waals surface area contributed by atoms with Gasteiger partial charge in [-0.15, -0.1) is 0 Å². The van der Waals surface area contributed by atoms with Crippen LogP contribution in [0.5, 0.6) is 0 Å². The fourth-order valence-electron chi connectivity index (χ4n) is 5.17. The Morgan fingerprint density at radius 1 is 1.26 bits per heavy atom. The number of carbonyl (C=O) groups is 1. The minimum absolute atomic E-state index is 0.157. The molecule has 8 nitrogen and oxygen atoms in total. The fraction of sp³-hybridized carbons (Fsp3) is 0.609. The molecule has 4 heterocycles. The Kier molecular flexibility index (Phi) is 5.33. The number of piperidine rings is 1. The number of nitrogens with zero attached hydrogens (tertiary/aromatic N) is 4. The number of hydrogen-bond acceptors (Lipinski definition) is 6. The number of anilines is 1. The predicted molar refractivity (Wildman–Crippen MR) is 120 cm³/mol. The third-order valence-corrected chi connectivity index (χ3v) is 7.02. The first-order valence-electron chi connectivity index (χ1n) is 11.6. The highest BCUT2D eigenvalue weighted by molar-refractivity contribution is 5.95. The molecule has 5 rings (SSSR count). The third kappa shape index (κ3) is 3.78. The Balaban J connectivity index is 1.48. The van der Waals surface area contributed by atoms with Crippen LogP contribution in [0.3, 0.4) is 0 Å². The van der Waals surface area contributed by atoms with E-state index in [-0.39, 0.29) is 11.5 Å². The van der Waals surface area contributed by atoms with Crippen molar-refractivity contribution in [1.29, 1.82) is 0 Å². The summed E-state index contributed by atoms with van der Waals surface area (Å²) in [5, 5.41) is 9.36. The summed E-state index contributed by atoms with van der Waals surface area (Å²) in [6, 6.07) is 0.302. The predicted octanol–water partition coefficient (Wildman–Crippen LogP) is 3.45. The molecular weight excluding hydrogens is 392 g/mol. The van der Waals surface area contributed by atoms with Crippen molar-refractivity contribution >= 4 is 28.3 Å². The Morgan fingerprint density at radius 3 is 2.74 bits per heavy atom. The summed E-state index contributed by atoms with van der Waals surface area (Å²) in [6.07, 6.45) is 13.8. The van der Waals surface area contributed by atoms with Gasteiger partial charge in [0.05, 0.1) is 23.0 Å². The summed E-state index contributed by atoms with van der Waals surface area (Å²) in [6.45, 7) is 6.08. The van der Waals surface area contributed by atoms with Gasteiger partial charge in [-0.05, 0) is 38.7 Å². The highest BCUT2D eigenvalue weighted by Crippen LogP contribution is 2.40. The molecule has 2 aliphatic heterocycles. The maximum absolute atomic E-state index is 11.7. The van der Waals surface area contributed by atoms with E-state index in [0.29, 0.717) is 6.04 Å². The number of hydrogen-bond donors (Lipinski definition) is 2. The second-order valence-corrected chi connectivity index (χ2v) is 9.06. The average Bonchev–Trinajstić information content (AvgIpc) is 3.39. The average molecular weight is 425 g/mol. The van der Waals surface area contributed by atoms with Crippen LogP contribution in [0.15, 0.2) is 18.5 Å².